The normalized spacial score (nSPS) is 11.8. The van der Waals surface area contributed by atoms with Gasteiger partial charge in [0.2, 0.25) is 0 Å². The lowest BCUT2D eigenvalue weighted by molar-refractivity contribution is -0.757. The number of ether oxygens (including phenoxy) is 2. The van der Waals surface area contributed by atoms with Crippen molar-refractivity contribution in [3.8, 4) is 5.75 Å². The summed E-state index contributed by atoms with van der Waals surface area (Å²) in [6.45, 7) is 1.75. The van der Waals surface area contributed by atoms with Crippen LogP contribution in [0.2, 0.25) is 0 Å². The van der Waals surface area contributed by atoms with E-state index in [1.807, 2.05) is 36.4 Å². The maximum atomic E-state index is 12.1. The van der Waals surface area contributed by atoms with Crippen LogP contribution in [-0.2, 0) is 14.4 Å². The van der Waals surface area contributed by atoms with Crippen molar-refractivity contribution in [3.05, 3.63) is 52.1 Å². The molecule has 7 heteroatoms. The number of nitrogens with zero attached hydrogens (tertiary/aromatic N) is 1. The predicted molar refractivity (Wildman–Crippen MR) is 87.4 cm³/mol. The Morgan fingerprint density at radius 1 is 1.17 bits per heavy atom. The molecule has 1 atom stereocenters. The van der Waals surface area contributed by atoms with Crippen LogP contribution >= 0.6 is 0 Å². The van der Waals surface area contributed by atoms with Crippen LogP contribution in [0.15, 0.2) is 36.4 Å². The standard InChI is InChI=1S/C17H19NO6/c1-12(17(19)23-8-3-9-24-18(20)21)14-5-4-13-6-7-16(22-2)11-15(13)10-14/h4-7,10-12H,3,8-9H2,1-2H3. The molecule has 0 fully saturated rings. The number of hydrogen-bond donors (Lipinski definition) is 0. The highest BCUT2D eigenvalue weighted by molar-refractivity contribution is 5.86. The summed E-state index contributed by atoms with van der Waals surface area (Å²) in [7, 11) is 1.60. The number of methoxy groups -OCH3 is 1. The summed E-state index contributed by atoms with van der Waals surface area (Å²) >= 11 is 0. The number of rotatable bonds is 8. The molecule has 0 saturated carbocycles. The molecule has 0 aliphatic heterocycles. The number of esters is 1. The van der Waals surface area contributed by atoms with Crippen molar-refractivity contribution in [2.45, 2.75) is 19.3 Å². The molecular formula is C17H19NO6. The van der Waals surface area contributed by atoms with Gasteiger partial charge in [-0.15, -0.1) is 10.1 Å². The first-order valence-corrected chi connectivity index (χ1v) is 7.53. The molecule has 1 unspecified atom stereocenters. The van der Waals surface area contributed by atoms with Crippen molar-refractivity contribution >= 4 is 16.7 Å². The predicted octanol–water partition coefficient (Wildman–Crippen LogP) is 3.09. The Labute approximate surface area is 139 Å². The number of fused-ring (bicyclic) bond motifs is 1. The van der Waals surface area contributed by atoms with E-state index >= 15 is 0 Å². The molecule has 0 aliphatic rings. The van der Waals surface area contributed by atoms with Crippen LogP contribution in [0.3, 0.4) is 0 Å². The van der Waals surface area contributed by atoms with Gasteiger partial charge in [0.15, 0.2) is 0 Å². The lowest BCUT2D eigenvalue weighted by Crippen LogP contribution is -2.15. The first-order chi connectivity index (χ1) is 11.5. The van der Waals surface area contributed by atoms with E-state index in [1.54, 1.807) is 14.0 Å². The number of carbonyl (C=O) groups excluding carboxylic acids is 1. The van der Waals surface area contributed by atoms with Gasteiger partial charge in [-0.25, -0.2) is 0 Å². The van der Waals surface area contributed by atoms with E-state index in [1.165, 1.54) is 0 Å². The molecule has 0 N–H and O–H groups in total. The second-order valence-electron chi connectivity index (χ2n) is 5.27. The summed E-state index contributed by atoms with van der Waals surface area (Å²) < 4.78 is 10.3. The second kappa shape index (κ2) is 8.14. The maximum Gasteiger partial charge on any atom is 0.313 e. The van der Waals surface area contributed by atoms with Crippen molar-refractivity contribution in [2.75, 3.05) is 20.3 Å². The van der Waals surface area contributed by atoms with E-state index in [4.69, 9.17) is 9.47 Å². The maximum absolute atomic E-state index is 12.1. The van der Waals surface area contributed by atoms with Crippen molar-refractivity contribution in [2.24, 2.45) is 0 Å². The summed E-state index contributed by atoms with van der Waals surface area (Å²) in [5, 5.41) is 11.2. The molecule has 7 nitrogen and oxygen atoms in total. The van der Waals surface area contributed by atoms with Crippen molar-refractivity contribution < 1.29 is 24.2 Å². The van der Waals surface area contributed by atoms with Crippen LogP contribution in [0.1, 0.15) is 24.8 Å². The minimum Gasteiger partial charge on any atom is -0.497 e. The van der Waals surface area contributed by atoms with Crippen molar-refractivity contribution in [3.63, 3.8) is 0 Å². The fourth-order valence-electron chi connectivity index (χ4n) is 2.27. The molecule has 0 heterocycles. The van der Waals surface area contributed by atoms with Gasteiger partial charge >= 0.3 is 5.97 Å². The van der Waals surface area contributed by atoms with Crippen LogP contribution in [0.5, 0.6) is 5.75 Å². The van der Waals surface area contributed by atoms with Crippen LogP contribution in [0, 0.1) is 10.1 Å². The van der Waals surface area contributed by atoms with Crippen molar-refractivity contribution in [1.29, 1.82) is 0 Å². The Morgan fingerprint density at radius 3 is 2.62 bits per heavy atom. The highest BCUT2D eigenvalue weighted by Gasteiger charge is 2.17. The Hall–Kier alpha value is -2.83. The Balaban J connectivity index is 1.97. The molecule has 0 bridgehead atoms. The zero-order chi connectivity index (χ0) is 17.5. The smallest absolute Gasteiger partial charge is 0.313 e. The molecule has 0 aromatic heterocycles. The summed E-state index contributed by atoms with van der Waals surface area (Å²) in [5.74, 6) is -0.0592. The largest absolute Gasteiger partial charge is 0.497 e. The van der Waals surface area contributed by atoms with Crippen LogP contribution in [0.4, 0.5) is 0 Å². The summed E-state index contributed by atoms with van der Waals surface area (Å²) in [4.78, 5) is 26.2. The van der Waals surface area contributed by atoms with Gasteiger partial charge in [-0.1, -0.05) is 24.3 Å². The van der Waals surface area contributed by atoms with E-state index in [9.17, 15) is 14.9 Å². The van der Waals surface area contributed by atoms with E-state index in [-0.39, 0.29) is 25.6 Å². The molecule has 2 aromatic carbocycles. The molecule has 0 radical (unpaired) electrons. The third-order valence-electron chi connectivity index (χ3n) is 3.65. The minimum atomic E-state index is -0.867. The fraction of sp³-hybridized carbons (Fsp3) is 0.353. The minimum absolute atomic E-state index is 0.0818. The fourth-order valence-corrected chi connectivity index (χ4v) is 2.27. The Bertz CT molecular complexity index is 730. The zero-order valence-electron chi connectivity index (χ0n) is 13.6. The van der Waals surface area contributed by atoms with Crippen molar-refractivity contribution in [1.82, 2.24) is 0 Å². The van der Waals surface area contributed by atoms with Crippen LogP contribution < -0.4 is 4.74 Å². The van der Waals surface area contributed by atoms with Gasteiger partial charge < -0.3 is 14.3 Å². The van der Waals surface area contributed by atoms with Gasteiger partial charge in [-0.3, -0.25) is 4.79 Å². The quantitative estimate of drug-likeness (QED) is 0.319. The van der Waals surface area contributed by atoms with E-state index < -0.39 is 11.0 Å². The highest BCUT2D eigenvalue weighted by atomic mass is 16.9. The molecule has 0 saturated heterocycles. The topological polar surface area (TPSA) is 87.9 Å². The van der Waals surface area contributed by atoms with Crippen LogP contribution in [-0.4, -0.2) is 31.4 Å². The third-order valence-corrected chi connectivity index (χ3v) is 3.65. The van der Waals surface area contributed by atoms with Gasteiger partial charge in [0.25, 0.3) is 5.09 Å². The first-order valence-electron chi connectivity index (χ1n) is 7.53. The first kappa shape index (κ1) is 17.5. The number of hydrogen-bond acceptors (Lipinski definition) is 6. The highest BCUT2D eigenvalue weighted by Crippen LogP contribution is 2.25. The van der Waals surface area contributed by atoms with E-state index in [0.29, 0.717) is 0 Å². The van der Waals surface area contributed by atoms with Gasteiger partial charge in [0, 0.05) is 6.42 Å². The number of carbonyl (C=O) groups is 1. The SMILES string of the molecule is COc1ccc2ccc(C(C)C(=O)OCCCO[N+](=O)[O-])cc2c1. The molecule has 128 valence electrons. The Kier molecular flexibility index (Phi) is 5.95. The molecular weight excluding hydrogens is 314 g/mol. The van der Waals surface area contributed by atoms with Gasteiger partial charge in [0.1, 0.15) is 5.75 Å². The summed E-state index contributed by atoms with van der Waals surface area (Å²) in [5.41, 5.74) is 0.835. The zero-order valence-corrected chi connectivity index (χ0v) is 13.6. The monoisotopic (exact) mass is 333 g/mol. The molecule has 0 spiro atoms. The number of benzene rings is 2. The molecule has 24 heavy (non-hydrogen) atoms. The van der Waals surface area contributed by atoms with Gasteiger partial charge in [-0.05, 0) is 35.4 Å². The van der Waals surface area contributed by atoms with Crippen LogP contribution in [0.25, 0.3) is 10.8 Å². The van der Waals surface area contributed by atoms with Gasteiger partial charge in [0.05, 0.1) is 26.2 Å². The molecule has 0 aliphatic carbocycles. The van der Waals surface area contributed by atoms with E-state index in [2.05, 4.69) is 4.84 Å². The summed E-state index contributed by atoms with van der Waals surface area (Å²) in [6.07, 6.45) is 0.272. The molecule has 2 rings (SSSR count). The third kappa shape index (κ3) is 4.58. The molecule has 2 aromatic rings. The lowest BCUT2D eigenvalue weighted by Gasteiger charge is -2.13. The lowest BCUT2D eigenvalue weighted by atomic mass is 9.98. The summed E-state index contributed by atoms with van der Waals surface area (Å²) in [6, 6.07) is 11.5. The Morgan fingerprint density at radius 2 is 1.92 bits per heavy atom. The molecule has 0 amide bonds. The van der Waals surface area contributed by atoms with Gasteiger partial charge in [-0.2, -0.15) is 0 Å². The average molecular weight is 333 g/mol. The average Bonchev–Trinajstić information content (AvgIpc) is 2.59. The van der Waals surface area contributed by atoms with E-state index in [0.717, 1.165) is 22.1 Å². The second-order valence-corrected chi connectivity index (χ2v) is 5.27.